The highest BCUT2D eigenvalue weighted by molar-refractivity contribution is 7.80. The molecule has 2 aromatic carbocycles. The van der Waals surface area contributed by atoms with Crippen LogP contribution in [0.1, 0.15) is 24.0 Å². The van der Waals surface area contributed by atoms with Crippen LogP contribution in [0, 0.1) is 0 Å². The van der Waals surface area contributed by atoms with E-state index in [1.54, 1.807) is 6.07 Å². The minimum atomic E-state index is 0.197. The van der Waals surface area contributed by atoms with Crippen molar-refractivity contribution in [3.8, 4) is 5.75 Å². The lowest BCUT2D eigenvalue weighted by molar-refractivity contribution is 0.0896. The fraction of sp³-hybridized carbons (Fsp3) is 0.350. The monoisotopic (exact) mass is 356 g/mol. The number of benzene rings is 2. The SMILES string of the molecule is Oc1ccccc1CN(C[C@H]1CCCO1)C(=S)NCc1ccccc1. The summed E-state index contributed by atoms with van der Waals surface area (Å²) in [5.74, 6) is 0.297. The number of nitrogens with zero attached hydrogens (tertiary/aromatic N) is 1. The fourth-order valence-electron chi connectivity index (χ4n) is 2.99. The van der Waals surface area contributed by atoms with Gasteiger partial charge in [-0.15, -0.1) is 0 Å². The smallest absolute Gasteiger partial charge is 0.169 e. The summed E-state index contributed by atoms with van der Waals surface area (Å²) in [7, 11) is 0. The molecule has 2 N–H and O–H groups in total. The Labute approximate surface area is 154 Å². The first kappa shape index (κ1) is 17.7. The van der Waals surface area contributed by atoms with Crippen LogP contribution < -0.4 is 5.32 Å². The van der Waals surface area contributed by atoms with Crippen molar-refractivity contribution in [3.63, 3.8) is 0 Å². The van der Waals surface area contributed by atoms with Gasteiger partial charge in [0, 0.05) is 31.8 Å². The summed E-state index contributed by atoms with van der Waals surface area (Å²) >= 11 is 5.63. The molecule has 0 unspecified atom stereocenters. The number of phenolic OH excluding ortho intramolecular Hbond substituents is 1. The average Bonchev–Trinajstić information content (AvgIpc) is 3.15. The predicted octanol–water partition coefficient (Wildman–Crippen LogP) is 3.45. The molecule has 0 radical (unpaired) electrons. The molecule has 25 heavy (non-hydrogen) atoms. The van der Waals surface area contributed by atoms with Crippen LogP contribution in [-0.4, -0.2) is 34.4 Å². The minimum absolute atomic E-state index is 0.197. The van der Waals surface area contributed by atoms with Crippen molar-refractivity contribution in [1.29, 1.82) is 0 Å². The highest BCUT2D eigenvalue weighted by Crippen LogP contribution is 2.20. The van der Waals surface area contributed by atoms with Crippen LogP contribution in [0.3, 0.4) is 0 Å². The van der Waals surface area contributed by atoms with Crippen molar-refractivity contribution in [2.75, 3.05) is 13.2 Å². The van der Waals surface area contributed by atoms with Gasteiger partial charge in [0.05, 0.1) is 6.10 Å². The van der Waals surface area contributed by atoms with Crippen molar-refractivity contribution < 1.29 is 9.84 Å². The Balaban J connectivity index is 1.66. The molecule has 132 valence electrons. The van der Waals surface area contributed by atoms with Gasteiger partial charge in [-0.1, -0.05) is 48.5 Å². The first-order valence-electron chi connectivity index (χ1n) is 8.67. The number of rotatable bonds is 6. The van der Waals surface area contributed by atoms with Gasteiger partial charge in [0.2, 0.25) is 0 Å². The zero-order valence-electron chi connectivity index (χ0n) is 14.2. The summed E-state index contributed by atoms with van der Waals surface area (Å²) in [4.78, 5) is 2.09. The van der Waals surface area contributed by atoms with Crippen LogP contribution in [-0.2, 0) is 17.8 Å². The summed E-state index contributed by atoms with van der Waals surface area (Å²) in [6.07, 6.45) is 2.35. The van der Waals surface area contributed by atoms with Crippen molar-refractivity contribution in [2.45, 2.75) is 32.0 Å². The lowest BCUT2D eigenvalue weighted by atomic mass is 10.1. The number of aromatic hydroxyl groups is 1. The van der Waals surface area contributed by atoms with Gasteiger partial charge in [0.15, 0.2) is 5.11 Å². The molecule has 1 saturated heterocycles. The van der Waals surface area contributed by atoms with E-state index in [0.29, 0.717) is 24.0 Å². The zero-order chi connectivity index (χ0) is 17.5. The summed E-state index contributed by atoms with van der Waals surface area (Å²) in [5, 5.41) is 14.1. The maximum atomic E-state index is 10.1. The van der Waals surface area contributed by atoms with E-state index >= 15 is 0 Å². The first-order chi connectivity index (χ1) is 12.2. The Morgan fingerprint density at radius 1 is 1.16 bits per heavy atom. The Hall–Kier alpha value is -2.11. The topological polar surface area (TPSA) is 44.7 Å². The highest BCUT2D eigenvalue weighted by Gasteiger charge is 2.21. The lowest BCUT2D eigenvalue weighted by Gasteiger charge is -2.28. The molecule has 1 aliphatic rings. The van der Waals surface area contributed by atoms with E-state index in [4.69, 9.17) is 17.0 Å². The Kier molecular flexibility index (Phi) is 6.25. The Morgan fingerprint density at radius 2 is 1.92 bits per heavy atom. The molecule has 0 saturated carbocycles. The third-order valence-electron chi connectivity index (χ3n) is 4.37. The van der Waals surface area contributed by atoms with Crippen LogP contribution in [0.2, 0.25) is 0 Å². The Morgan fingerprint density at radius 3 is 2.64 bits per heavy atom. The quantitative estimate of drug-likeness (QED) is 0.776. The van der Waals surface area contributed by atoms with Crippen molar-refractivity contribution in [1.82, 2.24) is 10.2 Å². The van der Waals surface area contributed by atoms with E-state index in [1.807, 2.05) is 36.4 Å². The number of nitrogens with one attached hydrogen (secondary N) is 1. The molecule has 4 nitrogen and oxygen atoms in total. The van der Waals surface area contributed by atoms with Gasteiger partial charge >= 0.3 is 0 Å². The van der Waals surface area contributed by atoms with Crippen LogP contribution in [0.4, 0.5) is 0 Å². The minimum Gasteiger partial charge on any atom is -0.508 e. The molecule has 5 heteroatoms. The molecular weight excluding hydrogens is 332 g/mol. The van der Waals surface area contributed by atoms with E-state index in [-0.39, 0.29) is 6.10 Å². The highest BCUT2D eigenvalue weighted by atomic mass is 32.1. The predicted molar refractivity (Wildman–Crippen MR) is 103 cm³/mol. The molecule has 0 aromatic heterocycles. The van der Waals surface area contributed by atoms with Crippen LogP contribution in [0.15, 0.2) is 54.6 Å². The average molecular weight is 356 g/mol. The number of phenols is 1. The molecular formula is C20H24N2O2S. The fourth-order valence-corrected chi connectivity index (χ4v) is 3.20. The molecule has 1 atom stereocenters. The third-order valence-corrected chi connectivity index (χ3v) is 4.78. The normalized spacial score (nSPS) is 16.6. The molecule has 0 spiro atoms. The van der Waals surface area contributed by atoms with E-state index in [9.17, 15) is 5.11 Å². The Bertz CT molecular complexity index is 687. The summed E-state index contributed by atoms with van der Waals surface area (Å²) in [6.45, 7) is 2.80. The molecule has 2 aromatic rings. The van der Waals surface area contributed by atoms with Gasteiger partial charge < -0.3 is 20.1 Å². The van der Waals surface area contributed by atoms with E-state index in [1.165, 1.54) is 5.56 Å². The number of thiocarbonyl (C=S) groups is 1. The second-order valence-corrected chi connectivity index (χ2v) is 6.68. The van der Waals surface area contributed by atoms with Crippen molar-refractivity contribution in [3.05, 3.63) is 65.7 Å². The number of hydrogen-bond donors (Lipinski definition) is 2. The maximum absolute atomic E-state index is 10.1. The molecule has 1 aliphatic heterocycles. The first-order valence-corrected chi connectivity index (χ1v) is 9.08. The molecule has 3 rings (SSSR count). The summed E-state index contributed by atoms with van der Waals surface area (Å²) in [5.41, 5.74) is 2.05. The van der Waals surface area contributed by atoms with Crippen molar-refractivity contribution in [2.24, 2.45) is 0 Å². The third kappa shape index (κ3) is 5.18. The molecule has 0 amide bonds. The second-order valence-electron chi connectivity index (χ2n) is 6.29. The van der Waals surface area contributed by atoms with Gasteiger partial charge in [-0.3, -0.25) is 0 Å². The van der Waals surface area contributed by atoms with Gasteiger partial charge in [-0.25, -0.2) is 0 Å². The summed E-state index contributed by atoms with van der Waals surface area (Å²) < 4.78 is 5.77. The maximum Gasteiger partial charge on any atom is 0.169 e. The molecule has 1 fully saturated rings. The van der Waals surface area contributed by atoms with Gasteiger partial charge in [-0.05, 0) is 36.7 Å². The van der Waals surface area contributed by atoms with Crippen LogP contribution >= 0.6 is 12.2 Å². The largest absolute Gasteiger partial charge is 0.508 e. The molecule has 0 bridgehead atoms. The second kappa shape index (κ2) is 8.83. The van der Waals surface area contributed by atoms with Gasteiger partial charge in [-0.2, -0.15) is 0 Å². The summed E-state index contributed by atoms with van der Waals surface area (Å²) in [6, 6.07) is 17.6. The van der Waals surface area contributed by atoms with E-state index in [2.05, 4.69) is 22.3 Å². The van der Waals surface area contributed by atoms with Crippen molar-refractivity contribution >= 4 is 17.3 Å². The number of para-hydroxylation sites is 1. The van der Waals surface area contributed by atoms with E-state index in [0.717, 1.165) is 31.6 Å². The standard InChI is InChI=1S/C20H24N2O2S/c23-19-11-5-4-9-17(19)14-22(15-18-10-6-12-24-18)20(25)21-13-16-7-2-1-3-8-16/h1-5,7-9,11,18,23H,6,10,12-15H2,(H,21,25)/t18-/m1/s1. The molecule has 0 aliphatic carbocycles. The van der Waals surface area contributed by atoms with Gasteiger partial charge in [0.25, 0.3) is 0 Å². The van der Waals surface area contributed by atoms with E-state index < -0.39 is 0 Å². The van der Waals surface area contributed by atoms with Crippen LogP contribution in [0.25, 0.3) is 0 Å². The van der Waals surface area contributed by atoms with Crippen LogP contribution in [0.5, 0.6) is 5.75 Å². The zero-order valence-corrected chi connectivity index (χ0v) is 15.0. The number of hydrogen-bond acceptors (Lipinski definition) is 3. The van der Waals surface area contributed by atoms with Gasteiger partial charge in [0.1, 0.15) is 5.75 Å². The number of ether oxygens (including phenoxy) is 1. The lowest BCUT2D eigenvalue weighted by Crippen LogP contribution is -2.42. The molecule has 1 heterocycles.